The lowest BCUT2D eigenvalue weighted by Crippen LogP contribution is -2.28. The van der Waals surface area contributed by atoms with Gasteiger partial charge in [-0.25, -0.2) is 9.37 Å². The molecular formula is C30H25FN8O3. The average molecular weight is 565 g/mol. The van der Waals surface area contributed by atoms with Gasteiger partial charge < -0.3 is 10.1 Å². The van der Waals surface area contributed by atoms with E-state index >= 15 is 0 Å². The van der Waals surface area contributed by atoms with Crippen LogP contribution in [0.3, 0.4) is 0 Å². The maximum atomic E-state index is 13.5. The van der Waals surface area contributed by atoms with E-state index in [1.54, 1.807) is 41.6 Å². The molecule has 11 nitrogen and oxygen atoms in total. The van der Waals surface area contributed by atoms with Crippen LogP contribution >= 0.6 is 0 Å². The lowest BCUT2D eigenvalue weighted by Gasteiger charge is -2.14. The number of benzene rings is 2. The number of anilines is 1. The number of carbonyl (C=O) groups is 1. The number of aromatic nitrogens is 7. The van der Waals surface area contributed by atoms with Crippen LogP contribution in [-0.2, 0) is 7.05 Å². The molecule has 6 aromatic rings. The molecule has 2 N–H and O–H groups in total. The number of pyridine rings is 1. The molecule has 0 aliphatic rings. The van der Waals surface area contributed by atoms with Crippen molar-refractivity contribution in [3.63, 3.8) is 0 Å². The summed E-state index contributed by atoms with van der Waals surface area (Å²) in [6, 6.07) is 12.4. The molecule has 0 bridgehead atoms. The number of hydrogen-bond donors (Lipinski definition) is 2. The number of ether oxygens (including phenoxy) is 1. The predicted octanol–water partition coefficient (Wildman–Crippen LogP) is 5.35. The van der Waals surface area contributed by atoms with Gasteiger partial charge in [0.25, 0.3) is 5.91 Å². The lowest BCUT2D eigenvalue weighted by atomic mass is 10.1. The number of nitrogens with one attached hydrogen (secondary N) is 2. The van der Waals surface area contributed by atoms with E-state index in [1.807, 2.05) is 33.0 Å². The smallest absolute Gasteiger partial charge is 0.281 e. The summed E-state index contributed by atoms with van der Waals surface area (Å²) < 4.78 is 23.0. The fraction of sp³-hybridized carbons (Fsp3) is 0.133. The molecule has 4 aromatic heterocycles. The molecule has 0 unspecified atom stereocenters. The van der Waals surface area contributed by atoms with E-state index in [2.05, 4.69) is 30.7 Å². The zero-order valence-corrected chi connectivity index (χ0v) is 22.9. The Hall–Kier alpha value is -5.65. The van der Waals surface area contributed by atoms with Gasteiger partial charge in [-0.1, -0.05) is 12.1 Å². The standard InChI is InChI=1S/C30H25FN8O3/c1-17(2)39-16-24(18-4-6-21(31)7-5-18)29(40)28(37-39)30(41)36-27-9-8-22(15-32-27)42-26-10-19-14-35-38(3)25(19)11-23(26)20-12-33-34-13-20/h4-17H,1-3H3,(H,33,34)(H,32,36,41). The normalized spacial score (nSPS) is 11.3. The highest BCUT2D eigenvalue weighted by Gasteiger charge is 2.20. The number of H-pyrrole nitrogens is 1. The molecule has 42 heavy (non-hydrogen) atoms. The Morgan fingerprint density at radius 2 is 1.83 bits per heavy atom. The summed E-state index contributed by atoms with van der Waals surface area (Å²) in [7, 11) is 1.87. The summed E-state index contributed by atoms with van der Waals surface area (Å²) in [6.07, 6.45) is 8.25. The van der Waals surface area contributed by atoms with E-state index in [9.17, 15) is 14.0 Å². The minimum Gasteiger partial charge on any atom is -0.455 e. The number of fused-ring (bicyclic) bond motifs is 1. The summed E-state index contributed by atoms with van der Waals surface area (Å²) in [5.41, 5.74) is 2.42. The van der Waals surface area contributed by atoms with Crippen molar-refractivity contribution in [2.75, 3.05) is 5.32 Å². The van der Waals surface area contributed by atoms with Crippen LogP contribution in [-0.4, -0.2) is 40.6 Å². The Bertz CT molecular complexity index is 1960. The van der Waals surface area contributed by atoms with Crippen molar-refractivity contribution in [1.82, 2.24) is 34.7 Å². The van der Waals surface area contributed by atoms with Crippen LogP contribution < -0.4 is 15.5 Å². The SMILES string of the molecule is CC(C)n1cc(-c2ccc(F)cc2)c(=O)c(C(=O)Nc2ccc(Oc3cc4cnn(C)c4cc3-c3cn[nH]c3)cn2)n1. The first-order valence-electron chi connectivity index (χ1n) is 13.1. The van der Waals surface area contributed by atoms with E-state index in [0.29, 0.717) is 17.1 Å². The van der Waals surface area contributed by atoms with Crippen LogP contribution in [0.25, 0.3) is 33.2 Å². The maximum Gasteiger partial charge on any atom is 0.281 e. The van der Waals surface area contributed by atoms with Gasteiger partial charge in [-0.3, -0.25) is 24.1 Å². The first kappa shape index (κ1) is 26.6. The topological polar surface area (TPSA) is 133 Å². The second-order valence-corrected chi connectivity index (χ2v) is 9.90. The molecule has 0 spiro atoms. The Labute approximate surface area is 238 Å². The Balaban J connectivity index is 1.26. The van der Waals surface area contributed by atoms with E-state index in [-0.39, 0.29) is 23.1 Å². The van der Waals surface area contributed by atoms with Crippen molar-refractivity contribution in [3.8, 4) is 33.8 Å². The summed E-state index contributed by atoms with van der Waals surface area (Å²) in [4.78, 5) is 30.8. The van der Waals surface area contributed by atoms with Crippen LogP contribution in [0, 0.1) is 5.82 Å². The van der Waals surface area contributed by atoms with Crippen molar-refractivity contribution in [3.05, 3.63) is 101 Å². The molecule has 0 aliphatic heterocycles. The van der Waals surface area contributed by atoms with E-state index in [0.717, 1.165) is 22.0 Å². The molecule has 0 saturated carbocycles. The van der Waals surface area contributed by atoms with Gasteiger partial charge in [0.2, 0.25) is 5.43 Å². The fourth-order valence-corrected chi connectivity index (χ4v) is 4.46. The van der Waals surface area contributed by atoms with Crippen molar-refractivity contribution >= 4 is 22.6 Å². The van der Waals surface area contributed by atoms with E-state index < -0.39 is 17.2 Å². The van der Waals surface area contributed by atoms with Crippen LogP contribution in [0.1, 0.15) is 30.4 Å². The minimum absolute atomic E-state index is 0.135. The second-order valence-electron chi connectivity index (χ2n) is 9.90. The highest BCUT2D eigenvalue weighted by Crippen LogP contribution is 2.36. The average Bonchev–Trinajstić information content (AvgIpc) is 3.64. The Kier molecular flexibility index (Phi) is 6.79. The van der Waals surface area contributed by atoms with Gasteiger partial charge in [-0.2, -0.15) is 15.3 Å². The van der Waals surface area contributed by atoms with E-state index in [4.69, 9.17) is 4.74 Å². The van der Waals surface area contributed by atoms with Crippen molar-refractivity contribution in [2.45, 2.75) is 19.9 Å². The number of carbonyl (C=O) groups excluding carboxylic acids is 1. The third-order valence-electron chi connectivity index (χ3n) is 6.70. The largest absolute Gasteiger partial charge is 0.455 e. The number of nitrogens with zero attached hydrogens (tertiary/aromatic N) is 6. The lowest BCUT2D eigenvalue weighted by molar-refractivity contribution is 0.101. The molecule has 4 heterocycles. The van der Waals surface area contributed by atoms with Crippen molar-refractivity contribution in [1.29, 1.82) is 0 Å². The predicted molar refractivity (Wildman–Crippen MR) is 155 cm³/mol. The zero-order valence-electron chi connectivity index (χ0n) is 22.9. The first-order chi connectivity index (χ1) is 20.3. The molecule has 0 aliphatic carbocycles. The van der Waals surface area contributed by atoms with Crippen molar-refractivity contribution in [2.24, 2.45) is 7.05 Å². The summed E-state index contributed by atoms with van der Waals surface area (Å²) >= 11 is 0. The highest BCUT2D eigenvalue weighted by molar-refractivity contribution is 6.02. The number of rotatable bonds is 7. The molecule has 0 saturated heterocycles. The van der Waals surface area contributed by atoms with Crippen LogP contribution in [0.2, 0.25) is 0 Å². The van der Waals surface area contributed by atoms with Gasteiger partial charge in [-0.15, -0.1) is 0 Å². The molecule has 0 atom stereocenters. The Morgan fingerprint density at radius 3 is 2.52 bits per heavy atom. The van der Waals surface area contributed by atoms with Gasteiger partial charge in [0.05, 0.1) is 24.1 Å². The number of aromatic amines is 1. The molecule has 1 amide bonds. The molecule has 6 rings (SSSR count). The van der Waals surface area contributed by atoms with Gasteiger partial charge >= 0.3 is 0 Å². The number of amides is 1. The van der Waals surface area contributed by atoms with Crippen molar-refractivity contribution < 1.29 is 13.9 Å². The molecule has 0 fully saturated rings. The Morgan fingerprint density at radius 1 is 1.02 bits per heavy atom. The monoisotopic (exact) mass is 564 g/mol. The molecule has 0 radical (unpaired) electrons. The number of halogens is 1. The van der Waals surface area contributed by atoms with Crippen LogP contribution in [0.15, 0.2) is 84.3 Å². The summed E-state index contributed by atoms with van der Waals surface area (Å²) in [5, 5.41) is 19.0. The van der Waals surface area contributed by atoms with Gasteiger partial charge in [-0.05, 0) is 55.8 Å². The zero-order chi connectivity index (χ0) is 29.4. The summed E-state index contributed by atoms with van der Waals surface area (Å²) in [6.45, 7) is 3.75. The molecule has 12 heteroatoms. The third-order valence-corrected chi connectivity index (χ3v) is 6.70. The van der Waals surface area contributed by atoms with Crippen LogP contribution in [0.4, 0.5) is 10.2 Å². The fourth-order valence-electron chi connectivity index (χ4n) is 4.46. The number of aryl methyl sites for hydroxylation is 1. The first-order valence-corrected chi connectivity index (χ1v) is 13.1. The molecular weight excluding hydrogens is 539 g/mol. The number of hydrogen-bond acceptors (Lipinski definition) is 7. The van der Waals surface area contributed by atoms with Gasteiger partial charge in [0.1, 0.15) is 23.1 Å². The van der Waals surface area contributed by atoms with Gasteiger partial charge in [0, 0.05) is 47.6 Å². The highest BCUT2D eigenvalue weighted by atomic mass is 19.1. The molecule has 2 aromatic carbocycles. The van der Waals surface area contributed by atoms with Gasteiger partial charge in [0.15, 0.2) is 5.69 Å². The van der Waals surface area contributed by atoms with E-state index in [1.165, 1.54) is 35.1 Å². The minimum atomic E-state index is -0.719. The summed E-state index contributed by atoms with van der Waals surface area (Å²) in [5.74, 6) is 0.0632. The van der Waals surface area contributed by atoms with Crippen LogP contribution in [0.5, 0.6) is 11.5 Å². The second kappa shape index (κ2) is 10.7. The third kappa shape index (κ3) is 5.12. The quantitative estimate of drug-likeness (QED) is 0.267. The molecule has 210 valence electrons. The maximum absolute atomic E-state index is 13.5.